The van der Waals surface area contributed by atoms with Gasteiger partial charge in [-0.2, -0.15) is 4.98 Å². The Labute approximate surface area is 171 Å². The summed E-state index contributed by atoms with van der Waals surface area (Å²) in [6.45, 7) is 4.19. The van der Waals surface area contributed by atoms with Crippen molar-refractivity contribution in [2.24, 2.45) is 0 Å². The number of aromatic nitrogens is 1. The summed E-state index contributed by atoms with van der Waals surface area (Å²) < 4.78 is 15.9. The zero-order chi connectivity index (χ0) is 20.6. The van der Waals surface area contributed by atoms with E-state index in [0.29, 0.717) is 17.0 Å². The van der Waals surface area contributed by atoms with Gasteiger partial charge in [-0.3, -0.25) is 0 Å². The number of rotatable bonds is 7. The lowest BCUT2D eigenvalue weighted by molar-refractivity contribution is -0.133. The number of esters is 1. The maximum Gasteiger partial charge on any atom is 0.341 e. The number of likely N-dealkylation sites (N-methyl/N-ethyl adjacent to an activating group) is 1. The number of benzene rings is 1. The van der Waals surface area contributed by atoms with Crippen LogP contribution in [0, 0.1) is 0 Å². The van der Waals surface area contributed by atoms with E-state index in [2.05, 4.69) is 21.8 Å². The molecule has 0 aliphatic carbocycles. The summed E-state index contributed by atoms with van der Waals surface area (Å²) in [6, 6.07) is 13.3. The second kappa shape index (κ2) is 9.93. The highest BCUT2D eigenvalue weighted by Crippen LogP contribution is 2.23. The van der Waals surface area contributed by atoms with Crippen molar-refractivity contribution in [1.82, 2.24) is 9.88 Å². The Morgan fingerprint density at radius 2 is 1.83 bits per heavy atom. The van der Waals surface area contributed by atoms with E-state index in [9.17, 15) is 4.79 Å². The number of methoxy groups -OCH3 is 2. The highest BCUT2D eigenvalue weighted by atomic mass is 16.5. The molecule has 7 heteroatoms. The van der Waals surface area contributed by atoms with Crippen LogP contribution in [-0.4, -0.2) is 63.3 Å². The molecule has 154 valence electrons. The van der Waals surface area contributed by atoms with Crippen LogP contribution < -0.4 is 9.64 Å². The van der Waals surface area contributed by atoms with Crippen molar-refractivity contribution in [3.8, 4) is 5.88 Å². The van der Waals surface area contributed by atoms with E-state index in [4.69, 9.17) is 14.2 Å². The van der Waals surface area contributed by atoms with Gasteiger partial charge in [0, 0.05) is 32.2 Å². The first-order valence-corrected chi connectivity index (χ1v) is 9.55. The van der Waals surface area contributed by atoms with Crippen LogP contribution in [0.25, 0.3) is 5.57 Å². The van der Waals surface area contributed by atoms with Gasteiger partial charge in [0.2, 0.25) is 5.88 Å². The highest BCUT2D eigenvalue weighted by Gasteiger charge is 2.18. The zero-order valence-corrected chi connectivity index (χ0v) is 17.1. The Morgan fingerprint density at radius 3 is 2.55 bits per heavy atom. The molecule has 0 unspecified atom stereocenters. The molecular weight excluding hydrogens is 370 g/mol. The van der Waals surface area contributed by atoms with Crippen LogP contribution in [-0.2, 0) is 20.9 Å². The molecule has 0 N–H and O–H groups in total. The normalized spacial score (nSPS) is 15.1. The van der Waals surface area contributed by atoms with Crippen molar-refractivity contribution in [2.75, 3.05) is 52.3 Å². The van der Waals surface area contributed by atoms with Gasteiger partial charge < -0.3 is 24.0 Å². The monoisotopic (exact) mass is 397 g/mol. The minimum atomic E-state index is -0.463. The van der Waals surface area contributed by atoms with Crippen LogP contribution in [0.1, 0.15) is 11.1 Å². The first-order chi connectivity index (χ1) is 14.1. The summed E-state index contributed by atoms with van der Waals surface area (Å²) in [6.07, 6.45) is 1.39. The van der Waals surface area contributed by atoms with Crippen molar-refractivity contribution in [1.29, 1.82) is 0 Å². The largest absolute Gasteiger partial charge is 0.503 e. The summed E-state index contributed by atoms with van der Waals surface area (Å²) in [5, 5.41) is 0. The number of hydrogen-bond donors (Lipinski definition) is 0. The van der Waals surface area contributed by atoms with Crippen LogP contribution in [0.3, 0.4) is 0 Å². The molecule has 1 aliphatic rings. The second-order valence-electron chi connectivity index (χ2n) is 6.83. The topological polar surface area (TPSA) is 64.1 Å². The average Bonchev–Trinajstić information content (AvgIpc) is 2.76. The van der Waals surface area contributed by atoms with E-state index in [-0.39, 0.29) is 6.61 Å². The van der Waals surface area contributed by atoms with Crippen molar-refractivity contribution in [3.05, 3.63) is 59.9 Å². The molecule has 2 heterocycles. The number of ether oxygens (including phenoxy) is 3. The molecule has 1 aromatic heterocycles. The van der Waals surface area contributed by atoms with Gasteiger partial charge in [0.05, 0.1) is 20.5 Å². The van der Waals surface area contributed by atoms with E-state index in [1.54, 1.807) is 0 Å². The van der Waals surface area contributed by atoms with Crippen LogP contribution in [0.15, 0.2) is 48.7 Å². The van der Waals surface area contributed by atoms with Crippen LogP contribution in [0.5, 0.6) is 5.88 Å². The molecule has 1 aliphatic heterocycles. The van der Waals surface area contributed by atoms with Gasteiger partial charge in [0.15, 0.2) is 0 Å². The standard InChI is InChI=1S/C22H27N3O4/c1-24-11-13-25(14-12-24)20-9-6-10-21(23-20)29-15-17-7-4-5-8-18(17)19(16-27-2)22(26)28-3/h4-10,16H,11-15H2,1-3H3. The fourth-order valence-corrected chi connectivity index (χ4v) is 3.21. The summed E-state index contributed by atoms with van der Waals surface area (Å²) in [7, 11) is 4.97. The Balaban J connectivity index is 1.75. The first-order valence-electron chi connectivity index (χ1n) is 9.55. The van der Waals surface area contributed by atoms with Crippen molar-refractivity contribution in [2.45, 2.75) is 6.61 Å². The molecule has 29 heavy (non-hydrogen) atoms. The minimum absolute atomic E-state index is 0.271. The molecule has 1 saturated heterocycles. The van der Waals surface area contributed by atoms with E-state index < -0.39 is 5.97 Å². The van der Waals surface area contributed by atoms with Gasteiger partial charge in [0.1, 0.15) is 18.0 Å². The number of nitrogens with zero attached hydrogens (tertiary/aromatic N) is 3. The molecule has 3 rings (SSSR count). The average molecular weight is 397 g/mol. The molecule has 0 amide bonds. The van der Waals surface area contributed by atoms with Crippen molar-refractivity contribution < 1.29 is 19.0 Å². The van der Waals surface area contributed by atoms with Gasteiger partial charge in [-0.25, -0.2) is 4.79 Å². The lowest BCUT2D eigenvalue weighted by Gasteiger charge is -2.33. The van der Waals surface area contributed by atoms with Gasteiger partial charge in [-0.1, -0.05) is 30.3 Å². The SMILES string of the molecule is COC=C(C(=O)OC)c1ccccc1COc1cccc(N2CCN(C)CC2)n1. The summed E-state index contributed by atoms with van der Waals surface area (Å²) >= 11 is 0. The Kier molecular flexibility index (Phi) is 7.08. The number of piperazine rings is 1. The van der Waals surface area contributed by atoms with Crippen molar-refractivity contribution >= 4 is 17.4 Å². The third-order valence-corrected chi connectivity index (χ3v) is 4.86. The van der Waals surface area contributed by atoms with Gasteiger partial charge in [-0.05, 0) is 24.2 Å². The van der Waals surface area contributed by atoms with Gasteiger partial charge in [-0.15, -0.1) is 0 Å². The quantitative estimate of drug-likeness (QED) is 0.404. The Morgan fingerprint density at radius 1 is 1.07 bits per heavy atom. The first kappa shape index (κ1) is 20.7. The maximum atomic E-state index is 12.1. The lowest BCUT2D eigenvalue weighted by atomic mass is 10.0. The molecule has 0 spiro atoms. The predicted molar refractivity (Wildman–Crippen MR) is 112 cm³/mol. The van der Waals surface area contributed by atoms with E-state index in [0.717, 1.165) is 37.6 Å². The number of anilines is 1. The summed E-state index contributed by atoms with van der Waals surface area (Å²) in [4.78, 5) is 21.4. The predicted octanol–water partition coefficient (Wildman–Crippen LogP) is 2.57. The summed E-state index contributed by atoms with van der Waals surface area (Å²) in [5.41, 5.74) is 1.89. The Bertz CT molecular complexity index is 861. The highest BCUT2D eigenvalue weighted by molar-refractivity contribution is 6.16. The van der Waals surface area contributed by atoms with Gasteiger partial charge in [0.25, 0.3) is 0 Å². The zero-order valence-electron chi connectivity index (χ0n) is 17.1. The third-order valence-electron chi connectivity index (χ3n) is 4.86. The number of pyridine rings is 1. The smallest absolute Gasteiger partial charge is 0.341 e. The Hall–Kier alpha value is -3.06. The number of hydrogen-bond acceptors (Lipinski definition) is 7. The molecule has 0 radical (unpaired) electrons. The molecule has 1 fully saturated rings. The second-order valence-corrected chi connectivity index (χ2v) is 6.83. The van der Waals surface area contributed by atoms with Crippen LogP contribution in [0.4, 0.5) is 5.82 Å². The van der Waals surface area contributed by atoms with E-state index >= 15 is 0 Å². The fourth-order valence-electron chi connectivity index (χ4n) is 3.21. The van der Waals surface area contributed by atoms with E-state index in [1.165, 1.54) is 20.5 Å². The fraction of sp³-hybridized carbons (Fsp3) is 0.364. The van der Waals surface area contributed by atoms with Gasteiger partial charge >= 0.3 is 5.97 Å². The third kappa shape index (κ3) is 5.26. The molecule has 0 bridgehead atoms. The van der Waals surface area contributed by atoms with Crippen molar-refractivity contribution in [3.63, 3.8) is 0 Å². The molecule has 7 nitrogen and oxygen atoms in total. The lowest BCUT2D eigenvalue weighted by Crippen LogP contribution is -2.44. The van der Waals surface area contributed by atoms with E-state index in [1.807, 2.05) is 42.5 Å². The molecular formula is C22H27N3O4. The maximum absolute atomic E-state index is 12.1. The number of carbonyl (C=O) groups excluding carboxylic acids is 1. The van der Waals surface area contributed by atoms with Crippen LogP contribution in [0.2, 0.25) is 0 Å². The van der Waals surface area contributed by atoms with Crippen LogP contribution >= 0.6 is 0 Å². The molecule has 1 aromatic carbocycles. The molecule has 0 atom stereocenters. The molecule has 2 aromatic rings. The minimum Gasteiger partial charge on any atom is -0.503 e. The summed E-state index contributed by atoms with van der Waals surface area (Å²) in [5.74, 6) is 1.000. The number of carbonyl (C=O) groups is 1. The molecule has 0 saturated carbocycles.